The number of fused-ring (bicyclic) bond motifs is 4. The Morgan fingerprint density at radius 3 is 2.21 bits per heavy atom. The van der Waals surface area contributed by atoms with Gasteiger partial charge in [-0.3, -0.25) is 10.3 Å². The third-order valence-electron chi connectivity index (χ3n) is 7.84. The molecule has 1 heterocycles. The van der Waals surface area contributed by atoms with Gasteiger partial charge in [-0.05, 0) is 62.6 Å². The molecule has 0 spiro atoms. The topological polar surface area (TPSA) is 50.9 Å². The summed E-state index contributed by atoms with van der Waals surface area (Å²) in [6.45, 7) is 0.733. The van der Waals surface area contributed by atoms with E-state index in [0.29, 0.717) is 0 Å². The van der Waals surface area contributed by atoms with E-state index in [4.69, 9.17) is 5.73 Å². The van der Waals surface area contributed by atoms with Gasteiger partial charge in [0, 0.05) is 23.7 Å². The molecule has 1 aliphatic rings. The van der Waals surface area contributed by atoms with Crippen LogP contribution in [0.2, 0.25) is 0 Å². The fourth-order valence-corrected chi connectivity index (χ4v) is 5.93. The first kappa shape index (κ1) is 23.5. The molecule has 0 saturated carbocycles. The summed E-state index contributed by atoms with van der Waals surface area (Å²) in [6.07, 6.45) is 2.53. The fraction of sp³-hybridized carbons (Fsp3) is 0.0833. The van der Waals surface area contributed by atoms with Crippen LogP contribution in [0.3, 0.4) is 0 Å². The smallest absolute Gasteiger partial charge is 0.0818 e. The molecule has 1 aliphatic carbocycles. The lowest BCUT2D eigenvalue weighted by Crippen LogP contribution is -2.28. The highest BCUT2D eigenvalue weighted by Gasteiger charge is 2.25. The van der Waals surface area contributed by atoms with Gasteiger partial charge in [-0.1, -0.05) is 115 Å². The highest BCUT2D eigenvalue weighted by molar-refractivity contribution is 5.94. The molecule has 1 aromatic heterocycles. The Morgan fingerprint density at radius 2 is 1.36 bits per heavy atom. The van der Waals surface area contributed by atoms with Crippen molar-refractivity contribution in [3.63, 3.8) is 0 Å². The first-order valence-electron chi connectivity index (χ1n) is 13.5. The lowest BCUT2D eigenvalue weighted by molar-refractivity contribution is 0.553. The van der Waals surface area contributed by atoms with Crippen LogP contribution in [0.15, 0.2) is 128 Å². The minimum absolute atomic E-state index is 0.247. The normalized spacial score (nSPS) is 12.7. The number of nitrogens with two attached hydrogens (primary N) is 1. The maximum absolute atomic E-state index is 6.72. The molecule has 0 amide bonds. The van der Waals surface area contributed by atoms with E-state index in [2.05, 4.69) is 119 Å². The van der Waals surface area contributed by atoms with Gasteiger partial charge in [0.1, 0.15) is 0 Å². The SMILES string of the molecule is NC(NCc1ccccc1)c1cccc2c1-c1cccc(-c3ccc(-c4cccc5cccnc45)cc3)c1C2. The Morgan fingerprint density at radius 1 is 0.667 bits per heavy atom. The second-order valence-corrected chi connectivity index (χ2v) is 10.2. The van der Waals surface area contributed by atoms with Crippen LogP contribution in [-0.4, -0.2) is 4.98 Å². The Labute approximate surface area is 229 Å². The molecule has 0 bridgehead atoms. The summed E-state index contributed by atoms with van der Waals surface area (Å²) in [6, 6.07) is 43.0. The van der Waals surface area contributed by atoms with E-state index < -0.39 is 0 Å². The number of nitrogens with one attached hydrogen (secondary N) is 1. The van der Waals surface area contributed by atoms with E-state index in [1.54, 1.807) is 0 Å². The minimum atomic E-state index is -0.247. The zero-order valence-electron chi connectivity index (χ0n) is 21.6. The van der Waals surface area contributed by atoms with Gasteiger partial charge in [0.2, 0.25) is 0 Å². The first-order chi connectivity index (χ1) is 19.3. The van der Waals surface area contributed by atoms with Crippen molar-refractivity contribution in [3.05, 3.63) is 150 Å². The Balaban J connectivity index is 1.21. The van der Waals surface area contributed by atoms with E-state index in [-0.39, 0.29) is 6.17 Å². The summed E-state index contributed by atoms with van der Waals surface area (Å²) >= 11 is 0. The van der Waals surface area contributed by atoms with E-state index in [1.807, 2.05) is 18.3 Å². The zero-order valence-corrected chi connectivity index (χ0v) is 21.6. The Kier molecular flexibility index (Phi) is 6.01. The van der Waals surface area contributed by atoms with Crippen LogP contribution < -0.4 is 11.1 Å². The van der Waals surface area contributed by atoms with Crippen molar-refractivity contribution in [2.24, 2.45) is 5.73 Å². The Hall–Kier alpha value is -4.57. The van der Waals surface area contributed by atoms with Crippen LogP contribution in [0.1, 0.15) is 28.4 Å². The van der Waals surface area contributed by atoms with Crippen molar-refractivity contribution in [1.29, 1.82) is 0 Å². The summed E-state index contributed by atoms with van der Waals surface area (Å²) in [5, 5.41) is 4.69. The molecule has 3 heteroatoms. The number of nitrogens with zero attached hydrogens (tertiary/aromatic N) is 1. The molecular formula is C36H29N3. The Bertz CT molecular complexity index is 1780. The average molecular weight is 504 g/mol. The molecule has 7 rings (SSSR count). The highest BCUT2D eigenvalue weighted by Crippen LogP contribution is 2.44. The van der Waals surface area contributed by atoms with Crippen molar-refractivity contribution in [3.8, 4) is 33.4 Å². The standard InChI is InChI=1S/C36H29N3/c37-36(39-23-24-8-2-1-3-9-24)32-16-5-11-28-22-33-29(13-6-15-31(33)34(28)32)25-17-19-26(20-18-25)30-14-4-10-27-12-7-21-38-35(27)30/h1-21,36,39H,22-23,37H2. The molecule has 0 fully saturated rings. The second-order valence-electron chi connectivity index (χ2n) is 10.2. The monoisotopic (exact) mass is 503 g/mol. The molecule has 5 aromatic carbocycles. The molecule has 3 nitrogen and oxygen atoms in total. The van der Waals surface area contributed by atoms with Gasteiger partial charge in [0.25, 0.3) is 0 Å². The lowest BCUT2D eigenvalue weighted by atomic mass is 9.93. The first-order valence-corrected chi connectivity index (χ1v) is 13.5. The predicted octanol–water partition coefficient (Wildman–Crippen LogP) is 7.89. The van der Waals surface area contributed by atoms with Crippen LogP contribution in [0.4, 0.5) is 0 Å². The summed E-state index contributed by atoms with van der Waals surface area (Å²) in [7, 11) is 0. The van der Waals surface area contributed by atoms with Crippen LogP contribution in [0.5, 0.6) is 0 Å². The number of benzene rings is 5. The number of rotatable bonds is 6. The van der Waals surface area contributed by atoms with Crippen LogP contribution in [0, 0.1) is 0 Å². The molecule has 0 aliphatic heterocycles. The van der Waals surface area contributed by atoms with Gasteiger partial charge in [0.15, 0.2) is 0 Å². The van der Waals surface area contributed by atoms with E-state index >= 15 is 0 Å². The van der Waals surface area contributed by atoms with Crippen molar-refractivity contribution >= 4 is 10.9 Å². The van der Waals surface area contributed by atoms with Crippen LogP contribution in [0.25, 0.3) is 44.3 Å². The van der Waals surface area contributed by atoms with Gasteiger partial charge in [0.05, 0.1) is 11.7 Å². The maximum Gasteiger partial charge on any atom is 0.0818 e. The van der Waals surface area contributed by atoms with E-state index in [1.165, 1.54) is 44.5 Å². The van der Waals surface area contributed by atoms with Crippen LogP contribution >= 0.6 is 0 Å². The van der Waals surface area contributed by atoms with Crippen molar-refractivity contribution < 1.29 is 0 Å². The third kappa shape index (κ3) is 4.32. The van der Waals surface area contributed by atoms with Gasteiger partial charge in [-0.15, -0.1) is 0 Å². The number of hydrogen-bond donors (Lipinski definition) is 2. The number of para-hydroxylation sites is 1. The molecular weight excluding hydrogens is 474 g/mol. The fourth-order valence-electron chi connectivity index (χ4n) is 5.93. The molecule has 1 atom stereocenters. The zero-order chi connectivity index (χ0) is 26.2. The minimum Gasteiger partial charge on any atom is -0.312 e. The molecule has 188 valence electrons. The van der Waals surface area contributed by atoms with Gasteiger partial charge in [-0.25, -0.2) is 0 Å². The highest BCUT2D eigenvalue weighted by atomic mass is 15.0. The largest absolute Gasteiger partial charge is 0.312 e. The summed E-state index contributed by atoms with van der Waals surface area (Å²) < 4.78 is 0. The average Bonchev–Trinajstić information content (AvgIpc) is 3.39. The van der Waals surface area contributed by atoms with Gasteiger partial charge in [-0.2, -0.15) is 0 Å². The van der Waals surface area contributed by atoms with Gasteiger partial charge >= 0.3 is 0 Å². The molecule has 1 unspecified atom stereocenters. The summed E-state index contributed by atoms with van der Waals surface area (Å²) in [5.74, 6) is 0. The van der Waals surface area contributed by atoms with E-state index in [0.717, 1.165) is 35.0 Å². The number of hydrogen-bond acceptors (Lipinski definition) is 3. The van der Waals surface area contributed by atoms with Crippen LogP contribution in [-0.2, 0) is 13.0 Å². The summed E-state index contributed by atoms with van der Waals surface area (Å²) in [5.41, 5.74) is 20.3. The van der Waals surface area contributed by atoms with Crippen molar-refractivity contribution in [2.45, 2.75) is 19.1 Å². The summed E-state index contributed by atoms with van der Waals surface area (Å²) in [4.78, 5) is 4.65. The second kappa shape index (κ2) is 9.95. The molecule has 6 aromatic rings. The predicted molar refractivity (Wildman–Crippen MR) is 161 cm³/mol. The molecule has 0 radical (unpaired) electrons. The van der Waals surface area contributed by atoms with Crippen molar-refractivity contribution in [2.75, 3.05) is 0 Å². The molecule has 39 heavy (non-hydrogen) atoms. The lowest BCUT2D eigenvalue weighted by Gasteiger charge is -2.19. The molecule has 3 N–H and O–H groups in total. The third-order valence-corrected chi connectivity index (χ3v) is 7.84. The van der Waals surface area contributed by atoms with Crippen molar-refractivity contribution in [1.82, 2.24) is 10.3 Å². The van der Waals surface area contributed by atoms with Gasteiger partial charge < -0.3 is 5.73 Å². The number of aromatic nitrogens is 1. The number of pyridine rings is 1. The van der Waals surface area contributed by atoms with E-state index in [9.17, 15) is 0 Å². The maximum atomic E-state index is 6.72. The quantitative estimate of drug-likeness (QED) is 0.227. The molecule has 0 saturated heterocycles.